The number of aromatic nitrogens is 2. The summed E-state index contributed by atoms with van der Waals surface area (Å²) in [6, 6.07) is 1.76. The van der Waals surface area contributed by atoms with Crippen molar-refractivity contribution < 1.29 is 9.53 Å². The van der Waals surface area contributed by atoms with Crippen LogP contribution in [0.1, 0.15) is 12.6 Å². The minimum atomic E-state index is -0.341. The summed E-state index contributed by atoms with van der Waals surface area (Å²) in [6.45, 7) is 2.16. The number of nitrogens with one attached hydrogen (secondary N) is 1. The van der Waals surface area contributed by atoms with Gasteiger partial charge in [-0.2, -0.15) is 5.10 Å². The second-order valence-corrected chi connectivity index (χ2v) is 2.10. The van der Waals surface area contributed by atoms with E-state index in [2.05, 4.69) is 14.9 Å². The molecule has 0 radical (unpaired) electrons. The van der Waals surface area contributed by atoms with Crippen LogP contribution in [0.2, 0.25) is 0 Å². The van der Waals surface area contributed by atoms with Gasteiger partial charge in [-0.25, -0.2) is 4.79 Å². The fraction of sp³-hybridized carbons (Fsp3) is 0.250. The molecule has 1 N–H and O–H groups in total. The molecule has 0 aliphatic rings. The number of carbonyl (C=O) groups excluding carboxylic acids is 1. The first-order chi connectivity index (χ1) is 5.83. The Hall–Kier alpha value is -1.58. The summed E-state index contributed by atoms with van der Waals surface area (Å²) >= 11 is 0. The summed E-state index contributed by atoms with van der Waals surface area (Å²) in [6.07, 6.45) is 4.59. The summed E-state index contributed by atoms with van der Waals surface area (Å²) in [7, 11) is 0. The number of esters is 1. The number of H-pyrrole nitrogens is 1. The van der Waals surface area contributed by atoms with E-state index in [0.29, 0.717) is 6.61 Å². The van der Waals surface area contributed by atoms with Gasteiger partial charge in [0.25, 0.3) is 0 Å². The molecule has 0 bridgehead atoms. The molecular weight excluding hydrogens is 156 g/mol. The van der Waals surface area contributed by atoms with E-state index in [-0.39, 0.29) is 5.97 Å². The second-order valence-electron chi connectivity index (χ2n) is 2.10. The highest BCUT2D eigenvalue weighted by Crippen LogP contribution is 1.94. The van der Waals surface area contributed by atoms with Crippen LogP contribution in [0.25, 0.3) is 6.08 Å². The van der Waals surface area contributed by atoms with E-state index in [4.69, 9.17) is 0 Å². The molecule has 4 heteroatoms. The van der Waals surface area contributed by atoms with E-state index < -0.39 is 0 Å². The lowest BCUT2D eigenvalue weighted by Gasteiger charge is -1.92. The van der Waals surface area contributed by atoms with Crippen LogP contribution in [-0.2, 0) is 9.53 Å². The Bertz CT molecular complexity index is 265. The number of hydrogen-bond acceptors (Lipinski definition) is 3. The van der Waals surface area contributed by atoms with Crippen LogP contribution in [0.4, 0.5) is 0 Å². The van der Waals surface area contributed by atoms with Gasteiger partial charge in [-0.15, -0.1) is 0 Å². The lowest BCUT2D eigenvalue weighted by atomic mass is 10.4. The molecule has 64 valence electrons. The molecule has 0 unspecified atom stereocenters. The minimum Gasteiger partial charge on any atom is -0.463 e. The maximum Gasteiger partial charge on any atom is 0.330 e. The third-order valence-corrected chi connectivity index (χ3v) is 1.21. The molecule has 12 heavy (non-hydrogen) atoms. The Morgan fingerprint density at radius 1 is 1.83 bits per heavy atom. The van der Waals surface area contributed by atoms with E-state index in [1.807, 2.05) is 0 Å². The number of rotatable bonds is 3. The van der Waals surface area contributed by atoms with Crippen molar-refractivity contribution in [2.75, 3.05) is 6.61 Å². The van der Waals surface area contributed by atoms with E-state index >= 15 is 0 Å². The van der Waals surface area contributed by atoms with Crippen LogP contribution in [0, 0.1) is 0 Å². The highest BCUT2D eigenvalue weighted by molar-refractivity contribution is 5.86. The van der Waals surface area contributed by atoms with Gasteiger partial charge in [0, 0.05) is 12.3 Å². The molecule has 0 fully saturated rings. The van der Waals surface area contributed by atoms with Gasteiger partial charge in [-0.1, -0.05) is 0 Å². The average molecular weight is 166 g/mol. The van der Waals surface area contributed by atoms with Gasteiger partial charge in [0.1, 0.15) is 0 Å². The third-order valence-electron chi connectivity index (χ3n) is 1.21. The van der Waals surface area contributed by atoms with E-state index in [1.165, 1.54) is 6.08 Å². The van der Waals surface area contributed by atoms with Gasteiger partial charge in [0.05, 0.1) is 12.3 Å². The lowest BCUT2D eigenvalue weighted by molar-refractivity contribution is -0.137. The Morgan fingerprint density at radius 3 is 3.25 bits per heavy atom. The maximum atomic E-state index is 10.8. The van der Waals surface area contributed by atoms with Gasteiger partial charge in [0.2, 0.25) is 0 Å². The molecule has 4 nitrogen and oxygen atoms in total. The van der Waals surface area contributed by atoms with Crippen LogP contribution in [0.15, 0.2) is 18.3 Å². The first-order valence-corrected chi connectivity index (χ1v) is 3.67. The summed E-state index contributed by atoms with van der Waals surface area (Å²) in [5.74, 6) is -0.341. The topological polar surface area (TPSA) is 55.0 Å². The molecule has 0 amide bonds. The normalized spacial score (nSPS) is 10.4. The lowest BCUT2D eigenvalue weighted by Crippen LogP contribution is -1.98. The number of ether oxygens (including phenoxy) is 1. The Balaban J connectivity index is 2.45. The summed E-state index contributed by atoms with van der Waals surface area (Å²) in [5, 5.41) is 6.41. The van der Waals surface area contributed by atoms with Crippen molar-refractivity contribution in [3.63, 3.8) is 0 Å². The Labute approximate surface area is 70.2 Å². The predicted octanol–water partition coefficient (Wildman–Crippen LogP) is 0.986. The van der Waals surface area contributed by atoms with Crippen LogP contribution < -0.4 is 0 Å². The standard InChI is InChI=1S/C8H10N2O2/c1-2-12-8(11)4-3-7-5-6-9-10-7/h3-6H,2H2,1H3,(H,9,10)/b4-3-. The van der Waals surface area contributed by atoms with Gasteiger partial charge in [0.15, 0.2) is 0 Å². The second kappa shape index (κ2) is 4.33. The zero-order chi connectivity index (χ0) is 8.81. The molecule has 0 spiro atoms. The van der Waals surface area contributed by atoms with E-state index in [1.54, 1.807) is 25.3 Å². The molecule has 1 heterocycles. The quantitative estimate of drug-likeness (QED) is 0.538. The number of hydrogen-bond donors (Lipinski definition) is 1. The first-order valence-electron chi connectivity index (χ1n) is 3.67. The van der Waals surface area contributed by atoms with E-state index in [0.717, 1.165) is 5.69 Å². The van der Waals surface area contributed by atoms with Crippen molar-refractivity contribution in [2.45, 2.75) is 6.92 Å². The fourth-order valence-corrected chi connectivity index (χ4v) is 0.708. The molecule has 1 aromatic heterocycles. The van der Waals surface area contributed by atoms with Crippen molar-refractivity contribution in [3.8, 4) is 0 Å². The van der Waals surface area contributed by atoms with Crippen molar-refractivity contribution in [3.05, 3.63) is 24.0 Å². The van der Waals surface area contributed by atoms with Gasteiger partial charge < -0.3 is 4.74 Å². The minimum absolute atomic E-state index is 0.341. The highest BCUT2D eigenvalue weighted by Gasteiger charge is 1.93. The number of carbonyl (C=O) groups is 1. The zero-order valence-electron chi connectivity index (χ0n) is 6.78. The molecule has 1 aromatic rings. The molecule has 0 saturated carbocycles. The van der Waals surface area contributed by atoms with Crippen LogP contribution in [-0.4, -0.2) is 22.8 Å². The van der Waals surface area contributed by atoms with E-state index in [9.17, 15) is 4.79 Å². The van der Waals surface area contributed by atoms with Crippen molar-refractivity contribution in [1.29, 1.82) is 0 Å². The summed E-state index contributed by atoms with van der Waals surface area (Å²) in [4.78, 5) is 10.8. The maximum absolute atomic E-state index is 10.8. The van der Waals surface area contributed by atoms with Gasteiger partial charge in [-0.3, -0.25) is 5.10 Å². The number of nitrogens with zero attached hydrogens (tertiary/aromatic N) is 1. The van der Waals surface area contributed by atoms with Crippen LogP contribution >= 0.6 is 0 Å². The largest absolute Gasteiger partial charge is 0.463 e. The van der Waals surface area contributed by atoms with Crippen molar-refractivity contribution in [2.24, 2.45) is 0 Å². The molecule has 0 aliphatic carbocycles. The smallest absolute Gasteiger partial charge is 0.330 e. The Kier molecular flexibility index (Phi) is 3.07. The highest BCUT2D eigenvalue weighted by atomic mass is 16.5. The molecule has 0 aromatic carbocycles. The van der Waals surface area contributed by atoms with Crippen molar-refractivity contribution >= 4 is 12.0 Å². The molecule has 0 aliphatic heterocycles. The first kappa shape index (κ1) is 8.52. The summed E-state index contributed by atoms with van der Waals surface area (Å²) < 4.78 is 4.68. The van der Waals surface area contributed by atoms with Crippen molar-refractivity contribution in [1.82, 2.24) is 10.2 Å². The van der Waals surface area contributed by atoms with Gasteiger partial charge in [-0.05, 0) is 19.1 Å². The van der Waals surface area contributed by atoms with Gasteiger partial charge >= 0.3 is 5.97 Å². The Morgan fingerprint density at radius 2 is 2.67 bits per heavy atom. The molecular formula is C8H10N2O2. The monoisotopic (exact) mass is 166 g/mol. The average Bonchev–Trinajstić information content (AvgIpc) is 2.53. The predicted molar refractivity (Wildman–Crippen MR) is 44.3 cm³/mol. The zero-order valence-corrected chi connectivity index (χ0v) is 6.78. The molecule has 0 saturated heterocycles. The summed E-state index contributed by atoms with van der Waals surface area (Å²) in [5.41, 5.74) is 0.781. The number of aromatic amines is 1. The molecule has 1 rings (SSSR count). The van der Waals surface area contributed by atoms with Crippen LogP contribution in [0.5, 0.6) is 0 Å². The fourth-order valence-electron chi connectivity index (χ4n) is 0.708. The van der Waals surface area contributed by atoms with Crippen LogP contribution in [0.3, 0.4) is 0 Å². The SMILES string of the molecule is CCOC(=O)/C=C\c1ccn[nH]1. The third kappa shape index (κ3) is 2.57. The molecule has 0 atom stereocenters.